The number of anilines is 1. The molecule has 1 aromatic heterocycles. The van der Waals surface area contributed by atoms with Gasteiger partial charge in [-0.25, -0.2) is 4.39 Å². The van der Waals surface area contributed by atoms with Crippen LogP contribution in [0.4, 0.5) is 10.1 Å². The van der Waals surface area contributed by atoms with E-state index in [1.54, 1.807) is 12.3 Å². The quantitative estimate of drug-likeness (QED) is 0.833. The van der Waals surface area contributed by atoms with Gasteiger partial charge in [0.1, 0.15) is 5.82 Å². The molecule has 0 radical (unpaired) electrons. The lowest BCUT2D eigenvalue weighted by atomic mass is 10.3. The number of halogens is 1. The molecule has 5 heteroatoms. The molecule has 3 nitrogen and oxygen atoms in total. The van der Waals surface area contributed by atoms with E-state index in [-0.39, 0.29) is 12.4 Å². The van der Waals surface area contributed by atoms with E-state index in [1.165, 1.54) is 6.07 Å². The van der Waals surface area contributed by atoms with Crippen molar-refractivity contribution in [2.45, 2.75) is 6.54 Å². The first kappa shape index (κ1) is 12.4. The molecule has 1 aromatic carbocycles. The van der Waals surface area contributed by atoms with Crippen molar-refractivity contribution in [1.82, 2.24) is 10.3 Å². The molecule has 0 saturated carbocycles. The van der Waals surface area contributed by atoms with Gasteiger partial charge in [-0.15, -0.1) is 0 Å². The minimum Gasteiger partial charge on any atom is -0.357 e. The van der Waals surface area contributed by atoms with Crippen LogP contribution >= 0.6 is 12.2 Å². The zero-order valence-corrected chi connectivity index (χ0v) is 10.4. The number of nitrogens with one attached hydrogen (secondary N) is 2. The van der Waals surface area contributed by atoms with E-state index in [0.717, 1.165) is 5.69 Å². The van der Waals surface area contributed by atoms with Crippen LogP contribution in [-0.2, 0) is 6.54 Å². The Labute approximate surface area is 110 Å². The highest BCUT2D eigenvalue weighted by Crippen LogP contribution is 2.05. The predicted molar refractivity (Wildman–Crippen MR) is 73.7 cm³/mol. The molecule has 1 heterocycles. The minimum absolute atomic E-state index is 0.255. The maximum atomic E-state index is 13.3. The van der Waals surface area contributed by atoms with E-state index in [4.69, 9.17) is 12.2 Å². The number of nitrogens with zero attached hydrogens (tertiary/aromatic N) is 1. The first-order valence-electron chi connectivity index (χ1n) is 5.45. The SMILES string of the molecule is Fc1cccnc1CNC(=S)Nc1ccccc1. The number of hydrogen-bond donors (Lipinski definition) is 2. The van der Waals surface area contributed by atoms with Crippen molar-refractivity contribution in [3.05, 3.63) is 60.2 Å². The number of rotatable bonds is 3. The maximum absolute atomic E-state index is 13.3. The number of pyridine rings is 1. The number of para-hydroxylation sites is 1. The van der Waals surface area contributed by atoms with Crippen LogP contribution in [0.1, 0.15) is 5.69 Å². The van der Waals surface area contributed by atoms with Crippen LogP contribution in [0.5, 0.6) is 0 Å². The Morgan fingerprint density at radius 1 is 1.17 bits per heavy atom. The van der Waals surface area contributed by atoms with Crippen molar-refractivity contribution < 1.29 is 4.39 Å². The Bertz CT molecular complexity index is 531. The second kappa shape index (κ2) is 6.07. The van der Waals surface area contributed by atoms with Crippen LogP contribution in [0.2, 0.25) is 0 Å². The van der Waals surface area contributed by atoms with E-state index < -0.39 is 0 Å². The van der Waals surface area contributed by atoms with Gasteiger partial charge < -0.3 is 10.6 Å². The average molecular weight is 261 g/mol. The van der Waals surface area contributed by atoms with E-state index in [9.17, 15) is 4.39 Å². The largest absolute Gasteiger partial charge is 0.357 e. The van der Waals surface area contributed by atoms with Crippen LogP contribution in [-0.4, -0.2) is 10.1 Å². The summed E-state index contributed by atoms with van der Waals surface area (Å²) in [6.07, 6.45) is 1.55. The Kier molecular flexibility index (Phi) is 4.20. The molecule has 2 N–H and O–H groups in total. The maximum Gasteiger partial charge on any atom is 0.171 e. The van der Waals surface area contributed by atoms with Gasteiger partial charge in [0.25, 0.3) is 0 Å². The fraction of sp³-hybridized carbons (Fsp3) is 0.0769. The summed E-state index contributed by atoms with van der Waals surface area (Å²) in [5, 5.41) is 6.34. The molecule has 0 amide bonds. The fourth-order valence-corrected chi connectivity index (χ4v) is 1.60. The number of hydrogen-bond acceptors (Lipinski definition) is 2. The summed E-state index contributed by atoms with van der Waals surface area (Å²) < 4.78 is 13.3. The molecular formula is C13H12FN3S. The molecule has 0 aliphatic rings. The molecule has 0 bridgehead atoms. The van der Waals surface area contributed by atoms with Crippen LogP contribution in [0.3, 0.4) is 0 Å². The van der Waals surface area contributed by atoms with E-state index >= 15 is 0 Å². The second-order valence-corrected chi connectivity index (χ2v) is 4.01. The monoisotopic (exact) mass is 261 g/mol. The summed E-state index contributed by atoms with van der Waals surface area (Å²) in [5.41, 5.74) is 1.23. The molecule has 0 saturated heterocycles. The van der Waals surface area contributed by atoms with Gasteiger partial charge in [-0.2, -0.15) is 0 Å². The van der Waals surface area contributed by atoms with E-state index in [2.05, 4.69) is 15.6 Å². The third-order valence-electron chi connectivity index (χ3n) is 2.28. The second-order valence-electron chi connectivity index (χ2n) is 3.61. The minimum atomic E-state index is -0.340. The van der Waals surface area contributed by atoms with Gasteiger partial charge in [-0.05, 0) is 36.5 Å². The average Bonchev–Trinajstić information content (AvgIpc) is 2.39. The van der Waals surface area contributed by atoms with Gasteiger partial charge in [0.2, 0.25) is 0 Å². The zero-order chi connectivity index (χ0) is 12.8. The lowest BCUT2D eigenvalue weighted by molar-refractivity contribution is 0.594. The highest BCUT2D eigenvalue weighted by atomic mass is 32.1. The van der Waals surface area contributed by atoms with Crippen LogP contribution in [0, 0.1) is 5.82 Å². The summed E-state index contributed by atoms with van der Waals surface area (Å²) in [4.78, 5) is 3.93. The van der Waals surface area contributed by atoms with E-state index in [1.807, 2.05) is 30.3 Å². The molecule has 0 unspecified atom stereocenters. The van der Waals surface area contributed by atoms with E-state index in [0.29, 0.717) is 10.8 Å². The zero-order valence-electron chi connectivity index (χ0n) is 9.56. The Hall–Kier alpha value is -2.01. The topological polar surface area (TPSA) is 37.0 Å². The number of aromatic nitrogens is 1. The third kappa shape index (κ3) is 3.49. The van der Waals surface area contributed by atoms with Gasteiger partial charge in [0.15, 0.2) is 5.11 Å². The molecule has 18 heavy (non-hydrogen) atoms. The van der Waals surface area contributed by atoms with Crippen LogP contribution < -0.4 is 10.6 Å². The lowest BCUT2D eigenvalue weighted by Gasteiger charge is -2.10. The fourth-order valence-electron chi connectivity index (χ4n) is 1.41. The van der Waals surface area contributed by atoms with Crippen LogP contribution in [0.15, 0.2) is 48.7 Å². The van der Waals surface area contributed by atoms with Crippen molar-refractivity contribution in [1.29, 1.82) is 0 Å². The van der Waals surface area contributed by atoms with Gasteiger partial charge in [0.05, 0.1) is 12.2 Å². The molecule has 2 rings (SSSR count). The smallest absolute Gasteiger partial charge is 0.171 e. The Morgan fingerprint density at radius 2 is 1.94 bits per heavy atom. The number of benzene rings is 1. The molecule has 0 atom stereocenters. The third-order valence-corrected chi connectivity index (χ3v) is 2.53. The predicted octanol–water partition coefficient (Wildman–Crippen LogP) is 2.71. The van der Waals surface area contributed by atoms with Gasteiger partial charge in [0, 0.05) is 11.9 Å². The summed E-state index contributed by atoms with van der Waals surface area (Å²) in [7, 11) is 0. The first-order chi connectivity index (χ1) is 8.75. The molecule has 92 valence electrons. The van der Waals surface area contributed by atoms with Gasteiger partial charge >= 0.3 is 0 Å². The lowest BCUT2D eigenvalue weighted by Crippen LogP contribution is -2.28. The first-order valence-corrected chi connectivity index (χ1v) is 5.86. The number of thiocarbonyl (C=S) groups is 1. The van der Waals surface area contributed by atoms with Crippen molar-refractivity contribution >= 4 is 23.0 Å². The Balaban J connectivity index is 1.88. The molecule has 0 fully saturated rings. The highest BCUT2D eigenvalue weighted by molar-refractivity contribution is 7.80. The Morgan fingerprint density at radius 3 is 2.67 bits per heavy atom. The standard InChI is InChI=1S/C13H12FN3S/c14-11-7-4-8-15-12(11)9-16-13(18)17-10-5-2-1-3-6-10/h1-8H,9H2,(H2,16,17,18). The summed E-state index contributed by atoms with van der Waals surface area (Å²) in [5.74, 6) is -0.340. The summed E-state index contributed by atoms with van der Waals surface area (Å²) >= 11 is 5.11. The van der Waals surface area contributed by atoms with Crippen molar-refractivity contribution in [3.8, 4) is 0 Å². The highest BCUT2D eigenvalue weighted by Gasteiger charge is 2.03. The molecule has 0 spiro atoms. The van der Waals surface area contributed by atoms with Crippen molar-refractivity contribution in [3.63, 3.8) is 0 Å². The molecule has 0 aliphatic heterocycles. The molecule has 0 aliphatic carbocycles. The van der Waals surface area contributed by atoms with Crippen molar-refractivity contribution in [2.24, 2.45) is 0 Å². The van der Waals surface area contributed by atoms with Gasteiger partial charge in [-0.3, -0.25) is 4.98 Å². The van der Waals surface area contributed by atoms with Crippen LogP contribution in [0.25, 0.3) is 0 Å². The van der Waals surface area contributed by atoms with Crippen molar-refractivity contribution in [2.75, 3.05) is 5.32 Å². The molecule has 2 aromatic rings. The molecular weight excluding hydrogens is 249 g/mol. The summed E-state index contributed by atoms with van der Waals surface area (Å²) in [6, 6.07) is 12.5. The summed E-state index contributed by atoms with van der Waals surface area (Å²) in [6.45, 7) is 0.255. The normalized spacial score (nSPS) is 9.83. The van der Waals surface area contributed by atoms with Gasteiger partial charge in [-0.1, -0.05) is 18.2 Å².